The quantitative estimate of drug-likeness (QED) is 0.276. The van der Waals surface area contributed by atoms with Gasteiger partial charge in [-0.15, -0.1) is 11.3 Å². The van der Waals surface area contributed by atoms with Crippen molar-refractivity contribution in [3.8, 4) is 11.5 Å². The van der Waals surface area contributed by atoms with Gasteiger partial charge in [-0.25, -0.2) is 0 Å². The SMILES string of the molecule is O=C(NC(Cc1c[nH]c2ccccc12)C(=O)Nc1ccc(Oc2ccncc2)cc1)c1cccs1. The van der Waals surface area contributed by atoms with Crippen LogP contribution in [0.3, 0.4) is 0 Å². The normalized spacial score (nSPS) is 11.7. The number of rotatable bonds is 8. The van der Waals surface area contributed by atoms with Crippen molar-refractivity contribution in [2.45, 2.75) is 12.5 Å². The molecule has 0 aliphatic heterocycles. The van der Waals surface area contributed by atoms with E-state index in [4.69, 9.17) is 4.74 Å². The van der Waals surface area contributed by atoms with Gasteiger partial charge in [-0.3, -0.25) is 14.6 Å². The lowest BCUT2D eigenvalue weighted by Crippen LogP contribution is -2.45. The van der Waals surface area contributed by atoms with Crippen molar-refractivity contribution in [1.29, 1.82) is 0 Å². The summed E-state index contributed by atoms with van der Waals surface area (Å²) in [5, 5.41) is 8.67. The van der Waals surface area contributed by atoms with Crippen molar-refractivity contribution < 1.29 is 14.3 Å². The standard InChI is InChI=1S/C27H22N4O3S/c32-26(30-19-7-9-20(10-8-19)34-21-11-13-28-14-12-21)24(31-27(33)25-6-3-15-35-25)16-18-17-29-23-5-2-1-4-22(18)23/h1-15,17,24,29H,16H2,(H,30,32)(H,31,33). The summed E-state index contributed by atoms with van der Waals surface area (Å²) in [6.07, 6.45) is 5.54. The molecule has 0 fully saturated rings. The molecular formula is C27H22N4O3S. The van der Waals surface area contributed by atoms with E-state index in [1.807, 2.05) is 41.9 Å². The maximum Gasteiger partial charge on any atom is 0.262 e. The first-order valence-electron chi connectivity index (χ1n) is 11.0. The van der Waals surface area contributed by atoms with Crippen LogP contribution >= 0.6 is 11.3 Å². The van der Waals surface area contributed by atoms with Crippen molar-refractivity contribution in [3.63, 3.8) is 0 Å². The third-order valence-electron chi connectivity index (χ3n) is 5.47. The molecule has 174 valence electrons. The van der Waals surface area contributed by atoms with Crippen LogP contribution in [0, 0.1) is 0 Å². The van der Waals surface area contributed by atoms with Gasteiger partial charge >= 0.3 is 0 Å². The number of aromatic amines is 1. The summed E-state index contributed by atoms with van der Waals surface area (Å²) >= 11 is 1.33. The second-order valence-electron chi connectivity index (χ2n) is 7.87. The number of aromatic nitrogens is 2. The van der Waals surface area contributed by atoms with Crippen molar-refractivity contribution in [3.05, 3.63) is 107 Å². The van der Waals surface area contributed by atoms with Gasteiger partial charge in [0.25, 0.3) is 5.91 Å². The number of para-hydroxylation sites is 1. The molecule has 8 heteroatoms. The molecule has 2 amide bonds. The van der Waals surface area contributed by atoms with Gasteiger partial charge in [0.1, 0.15) is 17.5 Å². The zero-order valence-corrected chi connectivity index (χ0v) is 19.4. The topological polar surface area (TPSA) is 96.1 Å². The monoisotopic (exact) mass is 482 g/mol. The second-order valence-corrected chi connectivity index (χ2v) is 8.81. The molecule has 0 spiro atoms. The predicted molar refractivity (Wildman–Crippen MR) is 137 cm³/mol. The Hall–Kier alpha value is -4.43. The first-order valence-corrected chi connectivity index (χ1v) is 11.9. The van der Waals surface area contributed by atoms with Gasteiger partial charge in [0.2, 0.25) is 5.91 Å². The van der Waals surface area contributed by atoms with Crippen LogP contribution in [0.4, 0.5) is 5.69 Å². The van der Waals surface area contributed by atoms with Crippen LogP contribution in [0.15, 0.2) is 96.8 Å². The van der Waals surface area contributed by atoms with Crippen LogP contribution < -0.4 is 15.4 Å². The van der Waals surface area contributed by atoms with Crippen LogP contribution in [0.5, 0.6) is 11.5 Å². The maximum absolute atomic E-state index is 13.3. The van der Waals surface area contributed by atoms with E-state index >= 15 is 0 Å². The number of thiophene rings is 1. The molecule has 0 radical (unpaired) electrons. The number of fused-ring (bicyclic) bond motifs is 1. The third kappa shape index (κ3) is 5.39. The molecule has 5 rings (SSSR count). The van der Waals surface area contributed by atoms with Crippen molar-refractivity contribution in [1.82, 2.24) is 15.3 Å². The average Bonchev–Trinajstić information content (AvgIpc) is 3.56. The molecule has 3 N–H and O–H groups in total. The van der Waals surface area contributed by atoms with E-state index in [9.17, 15) is 9.59 Å². The third-order valence-corrected chi connectivity index (χ3v) is 6.34. The summed E-state index contributed by atoms with van der Waals surface area (Å²) < 4.78 is 5.78. The highest BCUT2D eigenvalue weighted by molar-refractivity contribution is 7.12. The Kier molecular flexibility index (Phi) is 6.54. The number of H-pyrrole nitrogens is 1. The minimum absolute atomic E-state index is 0.277. The first-order chi connectivity index (χ1) is 17.2. The van der Waals surface area contributed by atoms with Crippen LogP contribution in [0.1, 0.15) is 15.2 Å². The molecule has 35 heavy (non-hydrogen) atoms. The van der Waals surface area contributed by atoms with Crippen LogP contribution in [-0.4, -0.2) is 27.8 Å². The molecule has 1 unspecified atom stereocenters. The van der Waals surface area contributed by atoms with Gasteiger partial charge in [0.05, 0.1) is 4.88 Å². The Morgan fingerprint density at radius 1 is 0.943 bits per heavy atom. The fourth-order valence-electron chi connectivity index (χ4n) is 3.74. The number of amides is 2. The number of carbonyl (C=O) groups excluding carboxylic acids is 2. The molecule has 0 aliphatic carbocycles. The Balaban J connectivity index is 1.32. The van der Waals surface area contributed by atoms with Gasteiger partial charge in [0, 0.05) is 41.6 Å². The lowest BCUT2D eigenvalue weighted by Gasteiger charge is -2.18. The Morgan fingerprint density at radius 3 is 2.49 bits per heavy atom. The molecule has 0 bridgehead atoms. The Bertz CT molecular complexity index is 1430. The van der Waals surface area contributed by atoms with E-state index in [0.717, 1.165) is 16.5 Å². The minimum Gasteiger partial charge on any atom is -0.457 e. The summed E-state index contributed by atoms with van der Waals surface area (Å²) in [7, 11) is 0. The number of nitrogens with one attached hydrogen (secondary N) is 3. The van der Waals surface area contributed by atoms with Gasteiger partial charge in [-0.05, 0) is 59.5 Å². The minimum atomic E-state index is -0.767. The highest BCUT2D eigenvalue weighted by Gasteiger charge is 2.24. The predicted octanol–water partition coefficient (Wildman–Crippen LogP) is 5.40. The number of ether oxygens (including phenoxy) is 1. The fourth-order valence-corrected chi connectivity index (χ4v) is 4.37. The molecule has 7 nitrogen and oxygen atoms in total. The lowest BCUT2D eigenvalue weighted by atomic mass is 10.0. The van der Waals surface area contributed by atoms with E-state index in [1.165, 1.54) is 11.3 Å². The van der Waals surface area contributed by atoms with Gasteiger partial charge in [-0.1, -0.05) is 24.3 Å². The number of pyridine rings is 1. The molecule has 5 aromatic rings. The van der Waals surface area contributed by atoms with Crippen LogP contribution in [-0.2, 0) is 11.2 Å². The zero-order valence-electron chi connectivity index (χ0n) is 18.6. The molecule has 1 atom stereocenters. The Labute approximate surface area is 205 Å². The summed E-state index contributed by atoms with van der Waals surface area (Å²) in [6.45, 7) is 0. The molecule has 0 aliphatic rings. The number of nitrogens with zero attached hydrogens (tertiary/aromatic N) is 1. The number of hydrogen-bond acceptors (Lipinski definition) is 5. The average molecular weight is 483 g/mol. The zero-order chi connectivity index (χ0) is 24.0. The Morgan fingerprint density at radius 2 is 1.71 bits per heavy atom. The van der Waals surface area contributed by atoms with Gasteiger partial charge in [0.15, 0.2) is 0 Å². The van der Waals surface area contributed by atoms with E-state index < -0.39 is 6.04 Å². The van der Waals surface area contributed by atoms with Gasteiger partial charge < -0.3 is 20.4 Å². The van der Waals surface area contributed by atoms with Crippen molar-refractivity contribution >= 4 is 39.7 Å². The van der Waals surface area contributed by atoms with E-state index in [1.54, 1.807) is 54.9 Å². The number of anilines is 1. The highest BCUT2D eigenvalue weighted by Crippen LogP contribution is 2.23. The van der Waals surface area contributed by atoms with Crippen molar-refractivity contribution in [2.75, 3.05) is 5.32 Å². The summed E-state index contributed by atoms with van der Waals surface area (Å²) in [4.78, 5) is 33.8. The highest BCUT2D eigenvalue weighted by atomic mass is 32.1. The molecular weight excluding hydrogens is 460 g/mol. The van der Waals surface area contributed by atoms with E-state index in [0.29, 0.717) is 28.5 Å². The number of benzene rings is 2. The summed E-state index contributed by atoms with van der Waals surface area (Å²) in [5.74, 6) is 0.728. The summed E-state index contributed by atoms with van der Waals surface area (Å²) in [5.41, 5.74) is 2.54. The molecule has 3 heterocycles. The maximum atomic E-state index is 13.3. The lowest BCUT2D eigenvalue weighted by molar-refractivity contribution is -0.118. The smallest absolute Gasteiger partial charge is 0.262 e. The second kappa shape index (κ2) is 10.2. The molecule has 2 aromatic carbocycles. The van der Waals surface area contributed by atoms with Crippen LogP contribution in [0.2, 0.25) is 0 Å². The van der Waals surface area contributed by atoms with Gasteiger partial charge in [-0.2, -0.15) is 0 Å². The largest absolute Gasteiger partial charge is 0.457 e. The van der Waals surface area contributed by atoms with Crippen LogP contribution in [0.25, 0.3) is 10.9 Å². The van der Waals surface area contributed by atoms with Crippen molar-refractivity contribution in [2.24, 2.45) is 0 Å². The fraction of sp³-hybridized carbons (Fsp3) is 0.0741. The molecule has 0 saturated heterocycles. The number of carbonyl (C=O) groups is 2. The molecule has 0 saturated carbocycles. The summed E-state index contributed by atoms with van der Waals surface area (Å²) in [6, 6.07) is 21.3. The molecule has 3 aromatic heterocycles. The van der Waals surface area contributed by atoms with E-state index in [-0.39, 0.29) is 11.8 Å². The van der Waals surface area contributed by atoms with E-state index in [2.05, 4.69) is 20.6 Å². The number of hydrogen-bond donors (Lipinski definition) is 3. The first kappa shape index (κ1) is 22.4.